The molecule has 3 rings (SSSR count). The van der Waals surface area contributed by atoms with Crippen molar-refractivity contribution in [3.8, 4) is 0 Å². The Hall–Kier alpha value is -2.59. The monoisotopic (exact) mass is 311 g/mol. The van der Waals surface area contributed by atoms with Gasteiger partial charge in [0.2, 0.25) is 0 Å². The first-order valence-corrected chi connectivity index (χ1v) is 7.18. The summed E-state index contributed by atoms with van der Waals surface area (Å²) in [6.07, 6.45) is 1.61. The van der Waals surface area contributed by atoms with Gasteiger partial charge in [0.15, 0.2) is 0 Å². The lowest BCUT2D eigenvalue weighted by Gasteiger charge is -1.97. The first kappa shape index (κ1) is 14.4. The molecule has 0 atom stereocenters. The Bertz CT molecular complexity index is 850. The molecule has 0 saturated carbocycles. The molecule has 0 bridgehead atoms. The summed E-state index contributed by atoms with van der Waals surface area (Å²) in [5.74, 6) is -0.296. The minimum atomic E-state index is -0.296. The fourth-order valence-electron chi connectivity index (χ4n) is 2.10. The van der Waals surface area contributed by atoms with E-state index in [-0.39, 0.29) is 5.91 Å². The summed E-state index contributed by atoms with van der Waals surface area (Å²) in [5.41, 5.74) is 5.91. The highest BCUT2D eigenvalue weighted by molar-refractivity contribution is 6.31. The van der Waals surface area contributed by atoms with Crippen LogP contribution in [0.15, 0.2) is 53.6 Å². The molecular formula is C17H14ClN3O. The molecule has 0 fully saturated rings. The first-order valence-electron chi connectivity index (χ1n) is 6.80. The lowest BCUT2D eigenvalue weighted by atomic mass is 10.2. The van der Waals surface area contributed by atoms with E-state index in [4.69, 9.17) is 11.6 Å². The van der Waals surface area contributed by atoms with Crippen molar-refractivity contribution in [1.82, 2.24) is 10.4 Å². The van der Waals surface area contributed by atoms with Crippen molar-refractivity contribution in [3.05, 3.63) is 70.4 Å². The maximum Gasteiger partial charge on any atom is 0.287 e. The van der Waals surface area contributed by atoms with Crippen LogP contribution in [-0.2, 0) is 0 Å². The van der Waals surface area contributed by atoms with Gasteiger partial charge in [-0.15, -0.1) is 0 Å². The van der Waals surface area contributed by atoms with E-state index in [1.54, 1.807) is 24.4 Å². The number of carbonyl (C=O) groups is 1. The van der Waals surface area contributed by atoms with Crippen LogP contribution in [0.2, 0.25) is 5.02 Å². The molecule has 0 unspecified atom stereocenters. The van der Waals surface area contributed by atoms with Crippen LogP contribution in [0.4, 0.5) is 0 Å². The van der Waals surface area contributed by atoms with Crippen molar-refractivity contribution in [2.24, 2.45) is 5.10 Å². The number of nitrogens with zero attached hydrogens (tertiary/aromatic N) is 1. The number of H-pyrrole nitrogens is 1. The van der Waals surface area contributed by atoms with Gasteiger partial charge in [0, 0.05) is 15.9 Å². The quantitative estimate of drug-likeness (QED) is 0.559. The second kappa shape index (κ2) is 6.03. The zero-order valence-electron chi connectivity index (χ0n) is 11.9. The SMILES string of the molecule is Cc1ccc(/C=N/NC(=O)c2cc3cc(Cl)ccc3[nH]2)cc1. The van der Waals surface area contributed by atoms with Gasteiger partial charge in [0.1, 0.15) is 5.69 Å². The third kappa shape index (κ3) is 3.18. The predicted molar refractivity (Wildman–Crippen MR) is 89.5 cm³/mol. The highest BCUT2D eigenvalue weighted by atomic mass is 35.5. The second-order valence-corrected chi connectivity index (χ2v) is 5.46. The highest BCUT2D eigenvalue weighted by Crippen LogP contribution is 2.19. The Balaban J connectivity index is 1.71. The fraction of sp³-hybridized carbons (Fsp3) is 0.0588. The highest BCUT2D eigenvalue weighted by Gasteiger charge is 2.08. The van der Waals surface area contributed by atoms with Crippen LogP contribution < -0.4 is 5.43 Å². The van der Waals surface area contributed by atoms with Crippen molar-refractivity contribution in [3.63, 3.8) is 0 Å². The van der Waals surface area contributed by atoms with Gasteiger partial charge < -0.3 is 4.98 Å². The minimum Gasteiger partial charge on any atom is -0.350 e. The summed E-state index contributed by atoms with van der Waals surface area (Å²) in [7, 11) is 0. The third-order valence-corrected chi connectivity index (χ3v) is 3.52. The van der Waals surface area contributed by atoms with E-state index in [1.165, 1.54) is 5.56 Å². The van der Waals surface area contributed by atoms with Gasteiger partial charge in [-0.2, -0.15) is 5.10 Å². The molecule has 3 aromatic rings. The Morgan fingerprint density at radius 3 is 2.73 bits per heavy atom. The van der Waals surface area contributed by atoms with E-state index in [0.29, 0.717) is 10.7 Å². The van der Waals surface area contributed by atoms with Crippen LogP contribution >= 0.6 is 11.6 Å². The molecule has 0 aliphatic heterocycles. The molecule has 1 heterocycles. The fourth-order valence-corrected chi connectivity index (χ4v) is 2.28. The average Bonchev–Trinajstić information content (AvgIpc) is 2.92. The molecule has 0 aliphatic rings. The van der Waals surface area contributed by atoms with Gasteiger partial charge in [-0.1, -0.05) is 41.4 Å². The van der Waals surface area contributed by atoms with E-state index in [9.17, 15) is 4.79 Å². The number of fused-ring (bicyclic) bond motifs is 1. The number of aromatic nitrogens is 1. The molecule has 4 nitrogen and oxygen atoms in total. The smallest absolute Gasteiger partial charge is 0.287 e. The molecule has 5 heteroatoms. The van der Waals surface area contributed by atoms with Gasteiger partial charge in [-0.3, -0.25) is 4.79 Å². The summed E-state index contributed by atoms with van der Waals surface area (Å²) in [5, 5.41) is 5.49. The molecule has 0 spiro atoms. The number of rotatable bonds is 3. The van der Waals surface area contributed by atoms with Crippen LogP contribution in [0.5, 0.6) is 0 Å². The predicted octanol–water partition coefficient (Wildman–Crippen LogP) is 3.89. The Labute approximate surface area is 132 Å². The number of aryl methyl sites for hydroxylation is 1. The van der Waals surface area contributed by atoms with Crippen molar-refractivity contribution in [2.45, 2.75) is 6.92 Å². The first-order chi connectivity index (χ1) is 10.6. The number of benzene rings is 2. The number of halogens is 1. The standard InChI is InChI=1S/C17H14ClN3O/c1-11-2-4-12(5-3-11)10-19-21-17(22)16-9-13-8-14(18)6-7-15(13)20-16/h2-10,20H,1H3,(H,21,22)/b19-10+. The van der Waals surface area contributed by atoms with E-state index < -0.39 is 0 Å². The summed E-state index contributed by atoms with van der Waals surface area (Å²) >= 11 is 5.93. The number of nitrogens with one attached hydrogen (secondary N) is 2. The maximum absolute atomic E-state index is 12.1. The maximum atomic E-state index is 12.1. The number of hydrazone groups is 1. The van der Waals surface area contributed by atoms with E-state index in [0.717, 1.165) is 16.5 Å². The number of hydrogen-bond acceptors (Lipinski definition) is 2. The van der Waals surface area contributed by atoms with Crippen LogP contribution in [0, 0.1) is 6.92 Å². The van der Waals surface area contributed by atoms with Gasteiger partial charge in [0.05, 0.1) is 6.21 Å². The molecule has 1 amide bonds. The van der Waals surface area contributed by atoms with Gasteiger partial charge >= 0.3 is 0 Å². The molecule has 1 aromatic heterocycles. The largest absolute Gasteiger partial charge is 0.350 e. The van der Waals surface area contributed by atoms with Crippen LogP contribution in [0.3, 0.4) is 0 Å². The summed E-state index contributed by atoms with van der Waals surface area (Å²) in [6.45, 7) is 2.02. The van der Waals surface area contributed by atoms with Crippen molar-refractivity contribution >= 4 is 34.6 Å². The van der Waals surface area contributed by atoms with Gasteiger partial charge in [-0.05, 0) is 36.8 Å². The van der Waals surface area contributed by atoms with Crippen LogP contribution in [-0.4, -0.2) is 17.1 Å². The number of hydrogen-bond donors (Lipinski definition) is 2. The summed E-state index contributed by atoms with van der Waals surface area (Å²) in [4.78, 5) is 15.1. The second-order valence-electron chi connectivity index (χ2n) is 5.02. The Morgan fingerprint density at radius 2 is 1.95 bits per heavy atom. The van der Waals surface area contributed by atoms with Crippen molar-refractivity contribution in [2.75, 3.05) is 0 Å². The topological polar surface area (TPSA) is 57.2 Å². The molecule has 2 N–H and O–H groups in total. The van der Waals surface area contributed by atoms with E-state index in [1.807, 2.05) is 37.3 Å². The molecular weight excluding hydrogens is 298 g/mol. The zero-order chi connectivity index (χ0) is 15.5. The molecule has 22 heavy (non-hydrogen) atoms. The lowest BCUT2D eigenvalue weighted by molar-refractivity contribution is 0.0951. The molecule has 110 valence electrons. The van der Waals surface area contributed by atoms with E-state index in [2.05, 4.69) is 15.5 Å². The van der Waals surface area contributed by atoms with Gasteiger partial charge in [0.25, 0.3) is 5.91 Å². The number of amides is 1. The normalized spacial score (nSPS) is 11.2. The number of carbonyl (C=O) groups excluding carboxylic acids is 1. The van der Waals surface area contributed by atoms with Crippen LogP contribution in [0.25, 0.3) is 10.9 Å². The van der Waals surface area contributed by atoms with Gasteiger partial charge in [-0.25, -0.2) is 5.43 Å². The number of aromatic amines is 1. The van der Waals surface area contributed by atoms with E-state index >= 15 is 0 Å². The minimum absolute atomic E-state index is 0.296. The summed E-state index contributed by atoms with van der Waals surface area (Å²) in [6, 6.07) is 15.0. The Morgan fingerprint density at radius 1 is 1.18 bits per heavy atom. The van der Waals surface area contributed by atoms with Crippen molar-refractivity contribution < 1.29 is 4.79 Å². The molecule has 0 aliphatic carbocycles. The molecule has 2 aromatic carbocycles. The lowest BCUT2D eigenvalue weighted by Crippen LogP contribution is -2.17. The Kier molecular flexibility index (Phi) is 3.94. The third-order valence-electron chi connectivity index (χ3n) is 3.28. The van der Waals surface area contributed by atoms with Crippen molar-refractivity contribution in [1.29, 1.82) is 0 Å². The average molecular weight is 312 g/mol. The zero-order valence-corrected chi connectivity index (χ0v) is 12.7. The summed E-state index contributed by atoms with van der Waals surface area (Å²) < 4.78 is 0. The molecule has 0 radical (unpaired) electrons. The molecule has 0 saturated heterocycles. The van der Waals surface area contributed by atoms with Crippen LogP contribution in [0.1, 0.15) is 21.6 Å².